The summed E-state index contributed by atoms with van der Waals surface area (Å²) in [6, 6.07) is 0. The van der Waals surface area contributed by atoms with Crippen molar-refractivity contribution in [3.05, 3.63) is 12.2 Å². The molecule has 1 aliphatic rings. The smallest absolute Gasteiger partial charge is 0.243 e. The summed E-state index contributed by atoms with van der Waals surface area (Å²) in [5.41, 5.74) is 0. The lowest BCUT2D eigenvalue weighted by atomic mass is 10.1. The fourth-order valence-corrected chi connectivity index (χ4v) is 1.68. The van der Waals surface area contributed by atoms with E-state index in [9.17, 15) is 4.79 Å². The summed E-state index contributed by atoms with van der Waals surface area (Å²) in [5, 5.41) is 2.74. The number of likely N-dealkylation sites (tertiary alicyclic amines) is 1. The van der Waals surface area contributed by atoms with Crippen molar-refractivity contribution >= 4 is 5.91 Å². The predicted molar refractivity (Wildman–Crippen MR) is 58.1 cm³/mol. The molecule has 0 radical (unpaired) electrons. The third-order valence-corrected chi connectivity index (χ3v) is 2.43. The molecule has 0 unspecified atom stereocenters. The molecule has 0 bridgehead atoms. The summed E-state index contributed by atoms with van der Waals surface area (Å²) in [6.07, 6.45) is 7.55. The minimum absolute atomic E-state index is 0.0181. The molecule has 1 N–H and O–H groups in total. The van der Waals surface area contributed by atoms with Gasteiger partial charge in [0, 0.05) is 19.2 Å². The fourth-order valence-electron chi connectivity index (χ4n) is 1.68. The predicted octanol–water partition coefficient (Wildman–Crippen LogP) is 1.16. The van der Waals surface area contributed by atoms with Gasteiger partial charge in [-0.05, 0) is 32.9 Å². The standard InChI is InChI=1S/C11H20N2O/c1-2-12-11(14)7-6-10-13-8-4-3-5-9-13/h6-7H,2-5,8-10H2,1H3,(H,12,14)/b7-6+. The van der Waals surface area contributed by atoms with Crippen LogP contribution in [-0.2, 0) is 4.79 Å². The number of hydrogen-bond acceptors (Lipinski definition) is 2. The molecule has 0 aromatic carbocycles. The van der Waals surface area contributed by atoms with Crippen LogP contribution in [0.15, 0.2) is 12.2 Å². The van der Waals surface area contributed by atoms with Crippen LogP contribution in [0.5, 0.6) is 0 Å². The number of nitrogens with zero attached hydrogens (tertiary/aromatic N) is 1. The summed E-state index contributed by atoms with van der Waals surface area (Å²) in [6.45, 7) is 5.90. The largest absolute Gasteiger partial charge is 0.353 e. The van der Waals surface area contributed by atoms with Crippen molar-refractivity contribution in [2.24, 2.45) is 0 Å². The first-order valence-corrected chi connectivity index (χ1v) is 5.49. The normalized spacial score (nSPS) is 18.6. The molecule has 1 fully saturated rings. The van der Waals surface area contributed by atoms with Crippen LogP contribution in [-0.4, -0.2) is 37.0 Å². The van der Waals surface area contributed by atoms with Crippen LogP contribution in [0.1, 0.15) is 26.2 Å². The quantitative estimate of drug-likeness (QED) is 0.684. The van der Waals surface area contributed by atoms with Gasteiger partial charge in [-0.25, -0.2) is 0 Å². The van der Waals surface area contributed by atoms with Gasteiger partial charge in [0.25, 0.3) is 0 Å². The highest BCUT2D eigenvalue weighted by Crippen LogP contribution is 2.07. The molecule has 1 heterocycles. The summed E-state index contributed by atoms with van der Waals surface area (Å²) < 4.78 is 0. The van der Waals surface area contributed by atoms with Crippen LogP contribution in [0.4, 0.5) is 0 Å². The van der Waals surface area contributed by atoms with Gasteiger partial charge in [0.2, 0.25) is 5.91 Å². The molecule has 1 saturated heterocycles. The third-order valence-electron chi connectivity index (χ3n) is 2.43. The maximum Gasteiger partial charge on any atom is 0.243 e. The van der Waals surface area contributed by atoms with Crippen molar-refractivity contribution in [2.45, 2.75) is 26.2 Å². The monoisotopic (exact) mass is 196 g/mol. The zero-order chi connectivity index (χ0) is 10.2. The Balaban J connectivity index is 2.14. The molecule has 3 nitrogen and oxygen atoms in total. The molecule has 80 valence electrons. The Bertz CT molecular complexity index is 195. The van der Waals surface area contributed by atoms with E-state index in [2.05, 4.69) is 10.2 Å². The third kappa shape index (κ3) is 4.42. The van der Waals surface area contributed by atoms with Gasteiger partial charge >= 0.3 is 0 Å². The first-order chi connectivity index (χ1) is 6.83. The number of hydrogen-bond donors (Lipinski definition) is 1. The van der Waals surface area contributed by atoms with Crippen LogP contribution < -0.4 is 5.32 Å². The lowest BCUT2D eigenvalue weighted by molar-refractivity contribution is -0.116. The van der Waals surface area contributed by atoms with Crippen molar-refractivity contribution in [3.63, 3.8) is 0 Å². The van der Waals surface area contributed by atoms with E-state index in [1.54, 1.807) is 6.08 Å². The molecule has 3 heteroatoms. The van der Waals surface area contributed by atoms with Crippen LogP contribution in [0.3, 0.4) is 0 Å². The van der Waals surface area contributed by atoms with E-state index in [1.165, 1.54) is 32.4 Å². The van der Waals surface area contributed by atoms with E-state index in [-0.39, 0.29) is 5.91 Å². The number of carbonyl (C=O) groups is 1. The molecule has 1 amide bonds. The molecule has 0 spiro atoms. The van der Waals surface area contributed by atoms with Crippen LogP contribution in [0, 0.1) is 0 Å². The van der Waals surface area contributed by atoms with E-state index in [0.717, 1.165) is 6.54 Å². The number of likely N-dealkylation sites (N-methyl/N-ethyl adjacent to an activating group) is 1. The Morgan fingerprint density at radius 3 is 2.71 bits per heavy atom. The Hall–Kier alpha value is -0.830. The first kappa shape index (κ1) is 11.2. The molecule has 0 aromatic rings. The number of piperidine rings is 1. The average molecular weight is 196 g/mol. The lowest BCUT2D eigenvalue weighted by Gasteiger charge is -2.24. The maximum atomic E-state index is 11.1. The number of carbonyl (C=O) groups excluding carboxylic acids is 1. The molecule has 0 atom stereocenters. The minimum atomic E-state index is 0.0181. The first-order valence-electron chi connectivity index (χ1n) is 5.49. The van der Waals surface area contributed by atoms with Crippen LogP contribution in [0.2, 0.25) is 0 Å². The lowest BCUT2D eigenvalue weighted by Crippen LogP contribution is -2.30. The van der Waals surface area contributed by atoms with Crippen molar-refractivity contribution in [1.29, 1.82) is 0 Å². The number of nitrogens with one attached hydrogen (secondary N) is 1. The zero-order valence-corrected chi connectivity index (χ0v) is 8.96. The van der Waals surface area contributed by atoms with Gasteiger partial charge in [-0.15, -0.1) is 0 Å². The molecule has 0 aliphatic carbocycles. The Kier molecular flexibility index (Phi) is 5.30. The second-order valence-electron chi connectivity index (χ2n) is 3.66. The molecule has 0 aromatic heterocycles. The highest BCUT2D eigenvalue weighted by atomic mass is 16.1. The Morgan fingerprint density at radius 1 is 1.36 bits per heavy atom. The zero-order valence-electron chi connectivity index (χ0n) is 8.96. The van der Waals surface area contributed by atoms with Gasteiger partial charge in [-0.3, -0.25) is 9.69 Å². The molecular formula is C11H20N2O. The van der Waals surface area contributed by atoms with Crippen LogP contribution in [0.25, 0.3) is 0 Å². The maximum absolute atomic E-state index is 11.1. The van der Waals surface area contributed by atoms with Gasteiger partial charge < -0.3 is 5.32 Å². The summed E-state index contributed by atoms with van der Waals surface area (Å²) in [7, 11) is 0. The Morgan fingerprint density at radius 2 is 2.07 bits per heavy atom. The topological polar surface area (TPSA) is 32.3 Å². The van der Waals surface area contributed by atoms with Crippen molar-refractivity contribution in [2.75, 3.05) is 26.2 Å². The highest BCUT2D eigenvalue weighted by molar-refractivity contribution is 5.87. The highest BCUT2D eigenvalue weighted by Gasteiger charge is 2.07. The van der Waals surface area contributed by atoms with Gasteiger partial charge in [0.05, 0.1) is 0 Å². The van der Waals surface area contributed by atoms with Crippen molar-refractivity contribution in [3.8, 4) is 0 Å². The van der Waals surface area contributed by atoms with Gasteiger partial charge in [0.15, 0.2) is 0 Å². The summed E-state index contributed by atoms with van der Waals surface area (Å²) in [5.74, 6) is 0.0181. The van der Waals surface area contributed by atoms with Gasteiger partial charge in [-0.2, -0.15) is 0 Å². The van der Waals surface area contributed by atoms with Gasteiger partial charge in [0.1, 0.15) is 0 Å². The molecule has 1 rings (SSSR count). The van der Waals surface area contributed by atoms with Crippen LogP contribution >= 0.6 is 0 Å². The summed E-state index contributed by atoms with van der Waals surface area (Å²) >= 11 is 0. The fraction of sp³-hybridized carbons (Fsp3) is 0.727. The van der Waals surface area contributed by atoms with Crippen molar-refractivity contribution < 1.29 is 4.79 Å². The van der Waals surface area contributed by atoms with Gasteiger partial charge in [-0.1, -0.05) is 12.5 Å². The number of rotatable bonds is 4. The van der Waals surface area contributed by atoms with Crippen molar-refractivity contribution in [1.82, 2.24) is 10.2 Å². The van der Waals surface area contributed by atoms with E-state index >= 15 is 0 Å². The van der Waals surface area contributed by atoms with E-state index < -0.39 is 0 Å². The Labute approximate surface area is 86.2 Å². The van der Waals surface area contributed by atoms with E-state index in [0.29, 0.717) is 6.54 Å². The minimum Gasteiger partial charge on any atom is -0.353 e. The molecular weight excluding hydrogens is 176 g/mol. The molecule has 1 aliphatic heterocycles. The second kappa shape index (κ2) is 6.60. The number of amides is 1. The molecule has 14 heavy (non-hydrogen) atoms. The SMILES string of the molecule is CCNC(=O)/C=C/CN1CCCCC1. The summed E-state index contributed by atoms with van der Waals surface area (Å²) in [4.78, 5) is 13.5. The second-order valence-corrected chi connectivity index (χ2v) is 3.66. The average Bonchev–Trinajstić information content (AvgIpc) is 2.20. The van der Waals surface area contributed by atoms with E-state index in [1.807, 2.05) is 13.0 Å². The van der Waals surface area contributed by atoms with E-state index in [4.69, 9.17) is 0 Å². The molecule has 0 saturated carbocycles.